The van der Waals surface area contributed by atoms with E-state index in [0.29, 0.717) is 28.1 Å². The molecule has 1 aromatic carbocycles. The maximum Gasteiger partial charge on any atom is 0.265 e. The zero-order chi connectivity index (χ0) is 25.9. The molecule has 1 atom stereocenters. The Bertz CT molecular complexity index is 1400. The number of hydrogen-bond acceptors (Lipinski definition) is 8. The molecule has 0 radical (unpaired) electrons. The molecule has 0 bridgehead atoms. The van der Waals surface area contributed by atoms with Crippen molar-refractivity contribution in [2.45, 2.75) is 19.8 Å². The number of nitrogens with one attached hydrogen (secondary N) is 1. The molecule has 1 unspecified atom stereocenters. The van der Waals surface area contributed by atoms with Crippen LogP contribution >= 0.6 is 11.3 Å². The van der Waals surface area contributed by atoms with E-state index in [1.165, 1.54) is 16.2 Å². The van der Waals surface area contributed by atoms with E-state index in [2.05, 4.69) is 30.4 Å². The predicted molar refractivity (Wildman–Crippen MR) is 143 cm³/mol. The maximum atomic E-state index is 13.0. The lowest BCUT2D eigenvalue weighted by Gasteiger charge is -2.32. The molecule has 37 heavy (non-hydrogen) atoms. The normalized spacial score (nSPS) is 15.4. The summed E-state index contributed by atoms with van der Waals surface area (Å²) in [5, 5.41) is 12.3. The minimum absolute atomic E-state index is 0.0993. The van der Waals surface area contributed by atoms with Crippen molar-refractivity contribution in [1.29, 1.82) is 0 Å². The zero-order valence-corrected chi connectivity index (χ0v) is 21.8. The topological polar surface area (TPSA) is 109 Å². The summed E-state index contributed by atoms with van der Waals surface area (Å²) in [6, 6.07) is 13.8. The number of carbonyl (C=O) groups is 2. The molecule has 4 heterocycles. The molecule has 1 aliphatic heterocycles. The fraction of sp³-hybridized carbons (Fsp3) is 0.308. The van der Waals surface area contributed by atoms with Crippen LogP contribution in [0.25, 0.3) is 17.2 Å². The lowest BCUT2D eigenvalue weighted by atomic mass is 9.97. The first-order valence-electron chi connectivity index (χ1n) is 12.1. The highest BCUT2D eigenvalue weighted by Crippen LogP contribution is 2.27. The second kappa shape index (κ2) is 10.5. The lowest BCUT2D eigenvalue weighted by Crippen LogP contribution is -2.41. The smallest absolute Gasteiger partial charge is 0.265 e. The molecule has 3 aromatic heterocycles. The van der Waals surface area contributed by atoms with Crippen LogP contribution in [0, 0.1) is 12.8 Å². The van der Waals surface area contributed by atoms with Gasteiger partial charge < -0.3 is 15.1 Å². The van der Waals surface area contributed by atoms with Crippen LogP contribution in [0.3, 0.4) is 0 Å². The van der Waals surface area contributed by atoms with Gasteiger partial charge >= 0.3 is 0 Å². The van der Waals surface area contributed by atoms with Gasteiger partial charge in [0.25, 0.3) is 5.91 Å². The van der Waals surface area contributed by atoms with Crippen molar-refractivity contribution < 1.29 is 9.59 Å². The summed E-state index contributed by atoms with van der Waals surface area (Å²) in [6.45, 7) is 3.12. The van der Waals surface area contributed by atoms with Crippen LogP contribution < -0.4 is 10.2 Å². The Morgan fingerprint density at radius 3 is 2.57 bits per heavy atom. The first-order valence-corrected chi connectivity index (χ1v) is 12.9. The Morgan fingerprint density at radius 2 is 1.84 bits per heavy atom. The fourth-order valence-electron chi connectivity index (χ4n) is 4.36. The molecular formula is C26H28N8O2S. The molecule has 10 nitrogen and oxygen atoms in total. The van der Waals surface area contributed by atoms with Gasteiger partial charge in [-0.05, 0) is 31.9 Å². The maximum absolute atomic E-state index is 13.0. The van der Waals surface area contributed by atoms with Crippen molar-refractivity contribution in [3.63, 3.8) is 0 Å². The third-order valence-corrected chi connectivity index (χ3v) is 7.36. The standard InChI is InChI=1S/C26H28N8O2S/c1-17-22(25(36)32(2)3)37-26(28-17)29-24(35)19-10-7-14-33(16-19)20-11-12-21(31-30-20)34-15-13-27-23(34)18-8-5-4-6-9-18/h4-6,8-9,11-13,15,19H,7,10,14,16H2,1-3H3,(H,28,29,35). The number of anilines is 2. The highest BCUT2D eigenvalue weighted by Gasteiger charge is 2.28. The molecule has 1 fully saturated rings. The molecule has 2 amide bonds. The number of piperidine rings is 1. The number of amides is 2. The molecule has 190 valence electrons. The first kappa shape index (κ1) is 24.6. The monoisotopic (exact) mass is 516 g/mol. The molecule has 11 heteroatoms. The Hall–Kier alpha value is -4.12. The molecule has 5 rings (SSSR count). The summed E-state index contributed by atoms with van der Waals surface area (Å²) < 4.78 is 1.91. The highest BCUT2D eigenvalue weighted by molar-refractivity contribution is 7.17. The van der Waals surface area contributed by atoms with Crippen molar-refractivity contribution in [3.8, 4) is 17.2 Å². The Balaban J connectivity index is 1.26. The molecule has 0 spiro atoms. The van der Waals surface area contributed by atoms with E-state index in [1.54, 1.807) is 27.2 Å². The second-order valence-corrected chi connectivity index (χ2v) is 10.1. The molecule has 4 aromatic rings. The van der Waals surface area contributed by atoms with Crippen molar-refractivity contribution in [2.75, 3.05) is 37.4 Å². The summed E-state index contributed by atoms with van der Waals surface area (Å²) in [7, 11) is 3.40. The molecule has 1 N–H and O–H groups in total. The third-order valence-electron chi connectivity index (χ3n) is 6.30. The number of aromatic nitrogens is 5. The number of thiazole rings is 1. The van der Waals surface area contributed by atoms with Crippen LogP contribution in [0.15, 0.2) is 54.9 Å². The zero-order valence-electron chi connectivity index (χ0n) is 21.0. The number of imidazole rings is 1. The van der Waals surface area contributed by atoms with Crippen LogP contribution in [0.1, 0.15) is 28.2 Å². The van der Waals surface area contributed by atoms with Crippen LogP contribution in [0.2, 0.25) is 0 Å². The average molecular weight is 517 g/mol. The van der Waals surface area contributed by atoms with E-state index in [9.17, 15) is 9.59 Å². The van der Waals surface area contributed by atoms with Gasteiger partial charge in [-0.15, -0.1) is 10.2 Å². The van der Waals surface area contributed by atoms with Gasteiger partial charge in [0.15, 0.2) is 16.8 Å². The van der Waals surface area contributed by atoms with E-state index in [4.69, 9.17) is 0 Å². The van der Waals surface area contributed by atoms with E-state index < -0.39 is 0 Å². The number of aryl methyl sites for hydroxylation is 1. The molecule has 1 aliphatic rings. The average Bonchev–Trinajstić information content (AvgIpc) is 3.55. The second-order valence-electron chi connectivity index (χ2n) is 9.14. The van der Waals surface area contributed by atoms with Crippen LogP contribution in [-0.4, -0.2) is 68.6 Å². The van der Waals surface area contributed by atoms with Gasteiger partial charge in [-0.25, -0.2) is 9.97 Å². The van der Waals surface area contributed by atoms with Crippen molar-refractivity contribution in [3.05, 3.63) is 65.4 Å². The molecule has 1 saturated heterocycles. The lowest BCUT2D eigenvalue weighted by molar-refractivity contribution is -0.120. The number of rotatable bonds is 6. The van der Waals surface area contributed by atoms with Crippen LogP contribution in [-0.2, 0) is 4.79 Å². The van der Waals surface area contributed by atoms with Gasteiger partial charge in [0.2, 0.25) is 5.91 Å². The Labute approximate surface area is 219 Å². The van der Waals surface area contributed by atoms with Gasteiger partial charge in [0, 0.05) is 45.1 Å². The Morgan fingerprint density at radius 1 is 1.08 bits per heavy atom. The summed E-state index contributed by atoms with van der Waals surface area (Å²) in [6.07, 6.45) is 5.25. The largest absolute Gasteiger partial charge is 0.354 e. The van der Waals surface area contributed by atoms with Crippen molar-refractivity contribution in [2.24, 2.45) is 5.92 Å². The summed E-state index contributed by atoms with van der Waals surface area (Å²) >= 11 is 1.21. The predicted octanol–water partition coefficient (Wildman–Crippen LogP) is 3.65. The van der Waals surface area contributed by atoms with Crippen molar-refractivity contribution >= 4 is 34.1 Å². The SMILES string of the molecule is Cc1nc(NC(=O)C2CCCN(c3ccc(-n4ccnc4-c4ccccc4)nn3)C2)sc1C(=O)N(C)C. The van der Waals surface area contributed by atoms with Crippen molar-refractivity contribution in [1.82, 2.24) is 29.6 Å². The molecular weight excluding hydrogens is 488 g/mol. The summed E-state index contributed by atoms with van der Waals surface area (Å²) in [5.41, 5.74) is 1.62. The summed E-state index contributed by atoms with van der Waals surface area (Å²) in [5.74, 6) is 1.77. The van der Waals surface area contributed by atoms with Gasteiger partial charge in [0.05, 0.1) is 11.6 Å². The van der Waals surface area contributed by atoms with Gasteiger partial charge in [-0.1, -0.05) is 41.7 Å². The molecule has 0 aliphatic carbocycles. The van der Waals surface area contributed by atoms with Gasteiger partial charge in [-0.2, -0.15) is 0 Å². The van der Waals surface area contributed by atoms with E-state index >= 15 is 0 Å². The third kappa shape index (κ3) is 5.21. The van der Waals surface area contributed by atoms with Crippen LogP contribution in [0.4, 0.5) is 10.9 Å². The number of hydrogen-bond donors (Lipinski definition) is 1. The summed E-state index contributed by atoms with van der Waals surface area (Å²) in [4.78, 5) is 38.3. The first-order chi connectivity index (χ1) is 17.9. The highest BCUT2D eigenvalue weighted by atomic mass is 32.1. The Kier molecular flexibility index (Phi) is 6.95. The van der Waals surface area contributed by atoms with E-state index in [-0.39, 0.29) is 17.7 Å². The minimum atomic E-state index is -0.217. The fourth-order valence-corrected chi connectivity index (χ4v) is 5.35. The van der Waals surface area contributed by atoms with E-state index in [1.807, 2.05) is 53.2 Å². The van der Waals surface area contributed by atoms with Gasteiger partial charge in [-0.3, -0.25) is 14.2 Å². The van der Waals surface area contributed by atoms with Crippen LogP contribution in [0.5, 0.6) is 0 Å². The minimum Gasteiger partial charge on any atom is -0.354 e. The number of carbonyl (C=O) groups excluding carboxylic acids is 2. The number of nitrogens with zero attached hydrogens (tertiary/aromatic N) is 7. The van der Waals surface area contributed by atoms with E-state index in [0.717, 1.165) is 36.6 Å². The molecule has 0 saturated carbocycles. The number of benzene rings is 1. The van der Waals surface area contributed by atoms with Gasteiger partial charge in [0.1, 0.15) is 10.7 Å². The quantitative estimate of drug-likeness (QED) is 0.417.